The molecule has 0 aliphatic heterocycles. The van der Waals surface area contributed by atoms with Gasteiger partial charge in [-0.2, -0.15) is 0 Å². The Morgan fingerprint density at radius 2 is 1.65 bits per heavy atom. The minimum atomic E-state index is -0.551. The van der Waals surface area contributed by atoms with Crippen LogP contribution in [-0.4, -0.2) is 58.0 Å². The summed E-state index contributed by atoms with van der Waals surface area (Å²) in [5.74, 6) is 2.61. The zero-order valence-electron chi connectivity index (χ0n) is 25.5. The van der Waals surface area contributed by atoms with Gasteiger partial charge in [0.25, 0.3) is 5.56 Å². The standard InChI is InChI=1S/C33H38N6O4/c1-33(2,3)39-31(35-36-37-39)30(26-19-24-13-14-25(41-4)20-27(24)34-32(26)40)38(21-23-10-8-7-9-11-23)17-16-22-12-15-28(42-5)29(18-22)43-6/h7-15,18-20,30H,16-17,21H2,1-6H3,(H,34,40)/t30-/m0/s1. The van der Waals surface area contributed by atoms with Crippen LogP contribution in [-0.2, 0) is 18.5 Å². The predicted octanol–water partition coefficient (Wildman–Crippen LogP) is 5.13. The van der Waals surface area contributed by atoms with Crippen molar-refractivity contribution in [2.24, 2.45) is 0 Å². The molecule has 5 rings (SSSR count). The lowest BCUT2D eigenvalue weighted by Crippen LogP contribution is -2.38. The van der Waals surface area contributed by atoms with E-state index in [9.17, 15) is 4.79 Å². The van der Waals surface area contributed by atoms with Gasteiger partial charge in [-0.25, -0.2) is 4.68 Å². The van der Waals surface area contributed by atoms with Gasteiger partial charge >= 0.3 is 0 Å². The van der Waals surface area contributed by atoms with Crippen LogP contribution >= 0.6 is 0 Å². The van der Waals surface area contributed by atoms with Gasteiger partial charge in [0.15, 0.2) is 17.3 Å². The van der Waals surface area contributed by atoms with Gasteiger partial charge in [0.05, 0.1) is 32.4 Å². The van der Waals surface area contributed by atoms with Crippen molar-refractivity contribution < 1.29 is 14.2 Å². The predicted molar refractivity (Wildman–Crippen MR) is 166 cm³/mol. The molecule has 0 aliphatic rings. The van der Waals surface area contributed by atoms with Crippen LogP contribution in [0.2, 0.25) is 0 Å². The molecule has 0 bridgehead atoms. The van der Waals surface area contributed by atoms with E-state index in [0.717, 1.165) is 16.5 Å². The van der Waals surface area contributed by atoms with E-state index in [2.05, 4.69) is 37.5 Å². The number of aromatic amines is 1. The number of tetrazole rings is 1. The van der Waals surface area contributed by atoms with Crippen molar-refractivity contribution >= 4 is 10.9 Å². The van der Waals surface area contributed by atoms with Crippen molar-refractivity contribution in [3.05, 3.63) is 106 Å². The number of aromatic nitrogens is 5. The lowest BCUT2D eigenvalue weighted by molar-refractivity contribution is 0.195. The summed E-state index contributed by atoms with van der Waals surface area (Å²) in [7, 11) is 4.86. The van der Waals surface area contributed by atoms with E-state index in [1.807, 2.05) is 86.1 Å². The van der Waals surface area contributed by atoms with Crippen molar-refractivity contribution in [2.45, 2.75) is 45.3 Å². The second-order valence-electron chi connectivity index (χ2n) is 11.4. The van der Waals surface area contributed by atoms with Gasteiger partial charge in [-0.05, 0) is 84.5 Å². The van der Waals surface area contributed by atoms with E-state index < -0.39 is 11.6 Å². The molecule has 2 heterocycles. The Kier molecular flexibility index (Phi) is 8.77. The van der Waals surface area contributed by atoms with Crippen LogP contribution < -0.4 is 19.8 Å². The van der Waals surface area contributed by atoms with Gasteiger partial charge in [-0.1, -0.05) is 36.4 Å². The molecule has 0 amide bonds. The van der Waals surface area contributed by atoms with Crippen molar-refractivity contribution in [2.75, 3.05) is 27.9 Å². The number of rotatable bonds is 11. The number of pyridine rings is 1. The highest BCUT2D eigenvalue weighted by molar-refractivity contribution is 5.80. The molecular formula is C33H38N6O4. The Hall–Kier alpha value is -4.70. The highest BCUT2D eigenvalue weighted by Gasteiger charge is 2.33. The summed E-state index contributed by atoms with van der Waals surface area (Å²) in [5.41, 5.74) is 2.80. The summed E-state index contributed by atoms with van der Waals surface area (Å²) in [4.78, 5) is 19.2. The maximum absolute atomic E-state index is 13.9. The summed E-state index contributed by atoms with van der Waals surface area (Å²) in [6.07, 6.45) is 0.684. The Labute approximate surface area is 251 Å². The maximum Gasteiger partial charge on any atom is 0.253 e. The zero-order valence-corrected chi connectivity index (χ0v) is 25.5. The first-order chi connectivity index (χ1) is 20.7. The molecule has 2 aromatic heterocycles. The number of hydrogen-bond donors (Lipinski definition) is 1. The molecule has 0 radical (unpaired) electrons. The quantitative estimate of drug-likeness (QED) is 0.228. The number of ether oxygens (including phenoxy) is 3. The van der Waals surface area contributed by atoms with Gasteiger partial charge in [0, 0.05) is 24.7 Å². The second kappa shape index (κ2) is 12.7. The number of benzene rings is 3. The molecule has 1 N–H and O–H groups in total. The molecule has 1 atom stereocenters. The smallest absolute Gasteiger partial charge is 0.253 e. The van der Waals surface area contributed by atoms with Crippen LogP contribution in [0.1, 0.15) is 49.3 Å². The molecule has 0 fully saturated rings. The third kappa shape index (κ3) is 6.54. The zero-order chi connectivity index (χ0) is 30.6. The van der Waals surface area contributed by atoms with Gasteiger partial charge in [0.2, 0.25) is 0 Å². The fraction of sp³-hybridized carbons (Fsp3) is 0.333. The molecule has 0 unspecified atom stereocenters. The first-order valence-electron chi connectivity index (χ1n) is 14.2. The minimum Gasteiger partial charge on any atom is -0.497 e. The fourth-order valence-electron chi connectivity index (χ4n) is 5.29. The Bertz CT molecular complexity index is 1740. The molecule has 5 aromatic rings. The van der Waals surface area contributed by atoms with Gasteiger partial charge < -0.3 is 19.2 Å². The SMILES string of the molecule is COc1ccc2cc([C@@H](c3nnnn3C(C)(C)C)N(CCc3ccc(OC)c(OC)c3)Cc3ccccc3)c(=O)[nH]c2c1. The Balaban J connectivity index is 1.65. The molecule has 43 heavy (non-hydrogen) atoms. The number of hydrogen-bond acceptors (Lipinski definition) is 8. The number of methoxy groups -OCH3 is 3. The number of nitrogens with one attached hydrogen (secondary N) is 1. The topological polar surface area (TPSA) is 107 Å². The van der Waals surface area contributed by atoms with Crippen LogP contribution in [0, 0.1) is 0 Å². The number of nitrogens with zero attached hydrogens (tertiary/aromatic N) is 5. The first kappa shape index (κ1) is 29.8. The van der Waals surface area contributed by atoms with Gasteiger partial charge in [-0.15, -0.1) is 5.10 Å². The van der Waals surface area contributed by atoms with Crippen LogP contribution in [0.5, 0.6) is 17.2 Å². The van der Waals surface area contributed by atoms with Gasteiger partial charge in [0.1, 0.15) is 11.8 Å². The third-order valence-electron chi connectivity index (χ3n) is 7.48. The molecule has 0 spiro atoms. The Morgan fingerprint density at radius 1 is 0.884 bits per heavy atom. The highest BCUT2D eigenvalue weighted by Crippen LogP contribution is 2.32. The van der Waals surface area contributed by atoms with Crippen LogP contribution in [0.3, 0.4) is 0 Å². The second-order valence-corrected chi connectivity index (χ2v) is 11.4. The van der Waals surface area contributed by atoms with E-state index in [1.165, 1.54) is 0 Å². The molecule has 0 aliphatic carbocycles. The van der Waals surface area contributed by atoms with E-state index in [-0.39, 0.29) is 5.56 Å². The van der Waals surface area contributed by atoms with E-state index in [0.29, 0.717) is 53.7 Å². The summed E-state index contributed by atoms with van der Waals surface area (Å²) in [6.45, 7) is 7.31. The molecule has 3 aromatic carbocycles. The summed E-state index contributed by atoms with van der Waals surface area (Å²) in [5, 5.41) is 13.9. The highest BCUT2D eigenvalue weighted by atomic mass is 16.5. The lowest BCUT2D eigenvalue weighted by Gasteiger charge is -2.33. The Morgan fingerprint density at radius 3 is 2.35 bits per heavy atom. The number of H-pyrrole nitrogens is 1. The number of fused-ring (bicyclic) bond motifs is 1. The van der Waals surface area contributed by atoms with Crippen molar-refractivity contribution in [3.8, 4) is 17.2 Å². The third-order valence-corrected chi connectivity index (χ3v) is 7.48. The van der Waals surface area contributed by atoms with E-state index >= 15 is 0 Å². The van der Waals surface area contributed by atoms with E-state index in [4.69, 9.17) is 14.2 Å². The van der Waals surface area contributed by atoms with Crippen molar-refractivity contribution in [3.63, 3.8) is 0 Å². The summed E-state index contributed by atoms with van der Waals surface area (Å²) in [6, 6.07) is 23.2. The molecule has 10 heteroatoms. The van der Waals surface area contributed by atoms with Crippen molar-refractivity contribution in [1.29, 1.82) is 0 Å². The van der Waals surface area contributed by atoms with Crippen LogP contribution in [0.25, 0.3) is 10.9 Å². The first-order valence-corrected chi connectivity index (χ1v) is 14.2. The van der Waals surface area contributed by atoms with Gasteiger partial charge in [-0.3, -0.25) is 9.69 Å². The average Bonchev–Trinajstić information content (AvgIpc) is 3.50. The van der Waals surface area contributed by atoms with Crippen molar-refractivity contribution in [1.82, 2.24) is 30.1 Å². The summed E-state index contributed by atoms with van der Waals surface area (Å²) < 4.78 is 18.2. The normalized spacial score (nSPS) is 12.4. The minimum absolute atomic E-state index is 0.210. The molecule has 10 nitrogen and oxygen atoms in total. The van der Waals surface area contributed by atoms with Crippen LogP contribution in [0.4, 0.5) is 0 Å². The fourth-order valence-corrected chi connectivity index (χ4v) is 5.29. The van der Waals surface area contributed by atoms with E-state index in [1.54, 1.807) is 21.3 Å². The molecule has 0 saturated carbocycles. The van der Waals surface area contributed by atoms with Crippen LogP contribution in [0.15, 0.2) is 77.6 Å². The average molecular weight is 583 g/mol. The monoisotopic (exact) mass is 582 g/mol. The molecule has 0 saturated heterocycles. The molecular weight excluding hydrogens is 544 g/mol. The maximum atomic E-state index is 13.9. The summed E-state index contributed by atoms with van der Waals surface area (Å²) >= 11 is 0. The molecule has 224 valence electrons. The lowest BCUT2D eigenvalue weighted by atomic mass is 10.00. The largest absolute Gasteiger partial charge is 0.497 e.